The zero-order valence-corrected chi connectivity index (χ0v) is 18.7. The smallest absolute Gasteiger partial charge is 0.229 e. The molecule has 1 saturated heterocycles. The quantitative estimate of drug-likeness (QED) is 0.625. The van der Waals surface area contributed by atoms with E-state index in [2.05, 4.69) is 51.4 Å². The Kier molecular flexibility index (Phi) is 6.54. The molecule has 1 amide bonds. The van der Waals surface area contributed by atoms with Gasteiger partial charge < -0.3 is 19.7 Å². The van der Waals surface area contributed by atoms with Gasteiger partial charge in [-0.3, -0.25) is 4.79 Å². The number of aromatic nitrogens is 2. The largest absolute Gasteiger partial charge is 0.497 e. The van der Waals surface area contributed by atoms with Crippen LogP contribution in [0.2, 0.25) is 0 Å². The van der Waals surface area contributed by atoms with Crippen LogP contribution in [0.15, 0.2) is 54.9 Å². The summed E-state index contributed by atoms with van der Waals surface area (Å²) in [7, 11) is 3.17. The van der Waals surface area contributed by atoms with Crippen LogP contribution in [-0.2, 0) is 4.79 Å². The average molecular weight is 433 g/mol. The van der Waals surface area contributed by atoms with Crippen molar-refractivity contribution in [2.75, 3.05) is 37.5 Å². The predicted octanol–water partition coefficient (Wildman–Crippen LogP) is 4.32. The molecule has 7 nitrogen and oxygen atoms in total. The van der Waals surface area contributed by atoms with Crippen LogP contribution in [0, 0.1) is 12.8 Å². The van der Waals surface area contributed by atoms with Crippen molar-refractivity contribution in [1.82, 2.24) is 9.97 Å². The number of nitrogens with one attached hydrogen (secondary N) is 1. The van der Waals surface area contributed by atoms with Gasteiger partial charge >= 0.3 is 0 Å². The van der Waals surface area contributed by atoms with Crippen LogP contribution in [-0.4, -0.2) is 43.2 Å². The van der Waals surface area contributed by atoms with Crippen molar-refractivity contribution >= 4 is 17.5 Å². The van der Waals surface area contributed by atoms with Crippen molar-refractivity contribution in [2.24, 2.45) is 5.92 Å². The summed E-state index contributed by atoms with van der Waals surface area (Å²) in [5.74, 6) is 1.74. The van der Waals surface area contributed by atoms with E-state index in [1.165, 1.54) is 5.56 Å². The monoisotopic (exact) mass is 432 g/mol. The topological polar surface area (TPSA) is 76.6 Å². The number of amides is 1. The summed E-state index contributed by atoms with van der Waals surface area (Å²) in [6, 6.07) is 13.6. The van der Waals surface area contributed by atoms with E-state index in [1.807, 2.05) is 12.4 Å². The molecular formula is C25H28N4O3. The molecule has 0 radical (unpaired) electrons. The Bertz CT molecular complexity index is 1050. The van der Waals surface area contributed by atoms with Gasteiger partial charge in [0.1, 0.15) is 11.5 Å². The van der Waals surface area contributed by atoms with Crippen molar-refractivity contribution in [3.63, 3.8) is 0 Å². The zero-order valence-electron chi connectivity index (χ0n) is 18.7. The van der Waals surface area contributed by atoms with Gasteiger partial charge in [0.25, 0.3) is 0 Å². The summed E-state index contributed by atoms with van der Waals surface area (Å²) < 4.78 is 10.6. The van der Waals surface area contributed by atoms with Crippen molar-refractivity contribution in [3.8, 4) is 22.6 Å². The lowest BCUT2D eigenvalue weighted by atomic mass is 9.97. The number of aryl methyl sites for hydroxylation is 1. The summed E-state index contributed by atoms with van der Waals surface area (Å²) in [6.07, 6.45) is 5.42. The molecule has 2 aromatic carbocycles. The van der Waals surface area contributed by atoms with Gasteiger partial charge in [-0.25, -0.2) is 9.97 Å². The molecule has 7 heteroatoms. The first kappa shape index (κ1) is 21.6. The molecule has 0 bridgehead atoms. The predicted molar refractivity (Wildman–Crippen MR) is 125 cm³/mol. The van der Waals surface area contributed by atoms with Gasteiger partial charge in [0.15, 0.2) is 0 Å². The second-order valence-electron chi connectivity index (χ2n) is 8.01. The van der Waals surface area contributed by atoms with Gasteiger partial charge in [-0.05, 0) is 25.3 Å². The minimum Gasteiger partial charge on any atom is -0.497 e. The third kappa shape index (κ3) is 4.99. The number of hydrogen-bond acceptors (Lipinski definition) is 6. The molecule has 1 N–H and O–H groups in total. The summed E-state index contributed by atoms with van der Waals surface area (Å²) in [4.78, 5) is 24.2. The van der Waals surface area contributed by atoms with Crippen LogP contribution in [0.4, 0.5) is 11.6 Å². The molecule has 0 unspecified atom stereocenters. The van der Waals surface area contributed by atoms with E-state index in [4.69, 9.17) is 9.47 Å². The molecule has 3 aromatic rings. The summed E-state index contributed by atoms with van der Waals surface area (Å²) in [5, 5.41) is 3.00. The first-order chi connectivity index (χ1) is 15.6. The third-order valence-corrected chi connectivity index (χ3v) is 5.72. The molecular weight excluding hydrogens is 404 g/mol. The molecule has 0 aliphatic carbocycles. The van der Waals surface area contributed by atoms with Crippen LogP contribution in [0.25, 0.3) is 11.1 Å². The normalized spacial score (nSPS) is 15.8. The Labute approximate surface area is 188 Å². The maximum atomic E-state index is 13.0. The van der Waals surface area contributed by atoms with Gasteiger partial charge in [-0.2, -0.15) is 0 Å². The molecule has 0 saturated carbocycles. The highest BCUT2D eigenvalue weighted by Gasteiger charge is 2.27. The Balaban J connectivity index is 1.43. The van der Waals surface area contributed by atoms with Crippen LogP contribution in [0.3, 0.4) is 0 Å². The second-order valence-corrected chi connectivity index (χ2v) is 8.01. The highest BCUT2D eigenvalue weighted by molar-refractivity contribution is 5.93. The van der Waals surface area contributed by atoms with Gasteiger partial charge in [0, 0.05) is 54.9 Å². The molecule has 1 atom stereocenters. The Morgan fingerprint density at radius 1 is 1.00 bits per heavy atom. The van der Waals surface area contributed by atoms with E-state index in [-0.39, 0.29) is 11.8 Å². The number of hydrogen-bond donors (Lipinski definition) is 1. The third-order valence-electron chi connectivity index (χ3n) is 5.72. The molecule has 1 fully saturated rings. The van der Waals surface area contributed by atoms with E-state index < -0.39 is 0 Å². The number of benzene rings is 2. The highest BCUT2D eigenvalue weighted by Crippen LogP contribution is 2.28. The summed E-state index contributed by atoms with van der Waals surface area (Å²) >= 11 is 0. The molecule has 32 heavy (non-hydrogen) atoms. The Morgan fingerprint density at radius 3 is 2.28 bits per heavy atom. The number of anilines is 2. The maximum absolute atomic E-state index is 13.0. The van der Waals surface area contributed by atoms with Gasteiger partial charge in [-0.15, -0.1) is 0 Å². The number of piperidine rings is 1. The standard InChI is InChI=1S/C25H28N4O3/c1-17-6-8-18(9-7-17)20-14-26-25(27-15-20)29-10-4-5-19(16-29)24(30)28-21-11-22(31-2)13-23(12-21)32-3/h6-9,11-15,19H,4-5,10,16H2,1-3H3,(H,28,30)/t19-/m0/s1. The molecule has 1 aliphatic rings. The Hall–Kier alpha value is -3.61. The number of methoxy groups -OCH3 is 2. The van der Waals surface area contributed by atoms with Crippen molar-refractivity contribution in [2.45, 2.75) is 19.8 Å². The van der Waals surface area contributed by atoms with E-state index in [1.54, 1.807) is 32.4 Å². The number of nitrogens with zero attached hydrogens (tertiary/aromatic N) is 3. The molecule has 0 spiro atoms. The zero-order chi connectivity index (χ0) is 22.5. The number of carbonyl (C=O) groups is 1. The average Bonchev–Trinajstić information content (AvgIpc) is 2.84. The van der Waals surface area contributed by atoms with Crippen molar-refractivity contribution < 1.29 is 14.3 Å². The Morgan fingerprint density at radius 2 is 1.66 bits per heavy atom. The number of ether oxygens (including phenoxy) is 2. The van der Waals surface area contributed by atoms with Crippen LogP contribution in [0.1, 0.15) is 18.4 Å². The molecule has 166 valence electrons. The van der Waals surface area contributed by atoms with E-state index in [0.717, 1.165) is 30.5 Å². The fraction of sp³-hybridized carbons (Fsp3) is 0.320. The number of carbonyl (C=O) groups excluding carboxylic acids is 1. The van der Waals surface area contributed by atoms with E-state index in [9.17, 15) is 4.79 Å². The van der Waals surface area contributed by atoms with Crippen molar-refractivity contribution in [3.05, 3.63) is 60.4 Å². The minimum atomic E-state index is -0.152. The van der Waals surface area contributed by atoms with Crippen LogP contribution >= 0.6 is 0 Å². The molecule has 2 heterocycles. The fourth-order valence-electron chi connectivity index (χ4n) is 3.88. The lowest BCUT2D eigenvalue weighted by Gasteiger charge is -2.32. The fourth-order valence-corrected chi connectivity index (χ4v) is 3.88. The first-order valence-corrected chi connectivity index (χ1v) is 10.7. The van der Waals surface area contributed by atoms with Crippen LogP contribution in [0.5, 0.6) is 11.5 Å². The van der Waals surface area contributed by atoms with Gasteiger partial charge in [-0.1, -0.05) is 29.8 Å². The van der Waals surface area contributed by atoms with E-state index in [0.29, 0.717) is 29.7 Å². The molecule has 1 aromatic heterocycles. The lowest BCUT2D eigenvalue weighted by Crippen LogP contribution is -2.41. The lowest BCUT2D eigenvalue weighted by molar-refractivity contribution is -0.120. The highest BCUT2D eigenvalue weighted by atomic mass is 16.5. The SMILES string of the molecule is COc1cc(NC(=O)[C@H]2CCCN(c3ncc(-c4ccc(C)cc4)cn3)C2)cc(OC)c1. The first-order valence-electron chi connectivity index (χ1n) is 10.7. The number of rotatable bonds is 6. The summed E-state index contributed by atoms with van der Waals surface area (Å²) in [6.45, 7) is 3.48. The van der Waals surface area contributed by atoms with Gasteiger partial charge in [0.2, 0.25) is 11.9 Å². The van der Waals surface area contributed by atoms with Crippen LogP contribution < -0.4 is 19.7 Å². The van der Waals surface area contributed by atoms with E-state index >= 15 is 0 Å². The summed E-state index contributed by atoms with van der Waals surface area (Å²) in [5.41, 5.74) is 3.94. The maximum Gasteiger partial charge on any atom is 0.229 e. The molecule has 1 aliphatic heterocycles. The minimum absolute atomic E-state index is 0.0266. The second kappa shape index (κ2) is 9.68. The molecule has 4 rings (SSSR count). The van der Waals surface area contributed by atoms with Crippen molar-refractivity contribution in [1.29, 1.82) is 0 Å². The van der Waals surface area contributed by atoms with Gasteiger partial charge in [0.05, 0.1) is 20.1 Å².